The van der Waals surface area contributed by atoms with E-state index in [0.717, 1.165) is 22.5 Å². The summed E-state index contributed by atoms with van der Waals surface area (Å²) in [5.41, 5.74) is 2.52. The van der Waals surface area contributed by atoms with Gasteiger partial charge in [0.05, 0.1) is 12.8 Å². The number of fused-ring (bicyclic) bond motifs is 1. The number of hydrogen-bond acceptors (Lipinski definition) is 4. The van der Waals surface area contributed by atoms with E-state index in [1.807, 2.05) is 43.4 Å². The predicted octanol–water partition coefficient (Wildman–Crippen LogP) is 3.10. The molecule has 0 aliphatic carbocycles. The number of pyridine rings is 1. The fraction of sp³-hybridized carbons (Fsp3) is 0.222. The van der Waals surface area contributed by atoms with Crippen molar-refractivity contribution in [3.05, 3.63) is 74.7 Å². The van der Waals surface area contributed by atoms with Crippen LogP contribution in [0.15, 0.2) is 57.9 Å². The van der Waals surface area contributed by atoms with E-state index in [2.05, 4.69) is 25.8 Å². The number of rotatable bonds is 5. The van der Waals surface area contributed by atoms with Crippen LogP contribution in [0.3, 0.4) is 0 Å². The SMILES string of the molecule is COc1ccc(CN(C)Cc2cc(=O)n3cc(Br)ccc3n2)cc1. The first kappa shape index (κ1) is 16.7. The van der Waals surface area contributed by atoms with Crippen LogP contribution in [0.2, 0.25) is 0 Å². The van der Waals surface area contributed by atoms with Crippen LogP contribution in [0.1, 0.15) is 11.3 Å². The summed E-state index contributed by atoms with van der Waals surface area (Å²) in [6, 6.07) is 13.3. The summed E-state index contributed by atoms with van der Waals surface area (Å²) in [6.07, 6.45) is 1.73. The number of benzene rings is 1. The smallest absolute Gasteiger partial charge is 0.258 e. The monoisotopic (exact) mass is 387 g/mol. The first-order valence-corrected chi connectivity index (χ1v) is 8.34. The van der Waals surface area contributed by atoms with Gasteiger partial charge in [0.25, 0.3) is 5.56 Å². The number of methoxy groups -OCH3 is 1. The van der Waals surface area contributed by atoms with Crippen LogP contribution < -0.4 is 10.3 Å². The molecule has 24 heavy (non-hydrogen) atoms. The molecule has 0 aliphatic heterocycles. The molecule has 3 rings (SSSR count). The fourth-order valence-electron chi connectivity index (χ4n) is 2.58. The Morgan fingerprint density at radius 1 is 1.17 bits per heavy atom. The predicted molar refractivity (Wildman–Crippen MR) is 97.3 cm³/mol. The second-order valence-corrected chi connectivity index (χ2v) is 6.60. The Hall–Kier alpha value is -2.18. The van der Waals surface area contributed by atoms with Crippen LogP contribution in [0.25, 0.3) is 5.65 Å². The number of ether oxygens (including phenoxy) is 1. The summed E-state index contributed by atoms with van der Waals surface area (Å²) >= 11 is 3.37. The Balaban J connectivity index is 1.76. The molecule has 0 unspecified atom stereocenters. The van der Waals surface area contributed by atoms with Crippen molar-refractivity contribution in [2.45, 2.75) is 13.1 Å². The summed E-state index contributed by atoms with van der Waals surface area (Å²) in [6.45, 7) is 1.37. The Morgan fingerprint density at radius 3 is 2.62 bits per heavy atom. The first-order valence-electron chi connectivity index (χ1n) is 7.54. The van der Waals surface area contributed by atoms with Gasteiger partial charge in [-0.25, -0.2) is 4.98 Å². The number of hydrogen-bond donors (Lipinski definition) is 0. The van der Waals surface area contributed by atoms with Crippen molar-refractivity contribution in [3.8, 4) is 5.75 Å². The average Bonchev–Trinajstić information content (AvgIpc) is 2.56. The van der Waals surface area contributed by atoms with Gasteiger partial charge in [-0.15, -0.1) is 0 Å². The molecule has 0 aliphatic rings. The molecule has 1 aromatic carbocycles. The maximum atomic E-state index is 12.2. The van der Waals surface area contributed by atoms with E-state index >= 15 is 0 Å². The summed E-state index contributed by atoms with van der Waals surface area (Å²) in [4.78, 5) is 18.9. The van der Waals surface area contributed by atoms with Gasteiger partial charge in [-0.05, 0) is 52.8 Å². The maximum Gasteiger partial charge on any atom is 0.258 e. The molecule has 0 N–H and O–H groups in total. The van der Waals surface area contributed by atoms with Crippen LogP contribution in [-0.2, 0) is 13.1 Å². The van der Waals surface area contributed by atoms with Crippen molar-refractivity contribution >= 4 is 21.6 Å². The molecule has 0 spiro atoms. The summed E-state index contributed by atoms with van der Waals surface area (Å²) in [7, 11) is 3.67. The Labute approximate surface area is 148 Å². The molecule has 0 bridgehead atoms. The molecule has 124 valence electrons. The molecular weight excluding hydrogens is 370 g/mol. The van der Waals surface area contributed by atoms with Gasteiger partial charge < -0.3 is 4.74 Å². The van der Waals surface area contributed by atoms with Crippen molar-refractivity contribution in [2.75, 3.05) is 14.2 Å². The lowest BCUT2D eigenvalue weighted by Gasteiger charge is -2.16. The highest BCUT2D eigenvalue weighted by atomic mass is 79.9. The third-order valence-corrected chi connectivity index (χ3v) is 4.19. The van der Waals surface area contributed by atoms with E-state index in [4.69, 9.17) is 4.74 Å². The second-order valence-electron chi connectivity index (χ2n) is 5.68. The largest absolute Gasteiger partial charge is 0.497 e. The van der Waals surface area contributed by atoms with Gasteiger partial charge in [0.2, 0.25) is 0 Å². The summed E-state index contributed by atoms with van der Waals surface area (Å²) in [5.74, 6) is 0.844. The van der Waals surface area contributed by atoms with Crippen LogP contribution >= 0.6 is 15.9 Å². The number of aromatic nitrogens is 2. The molecule has 0 fully saturated rings. The Kier molecular flexibility index (Phi) is 4.97. The normalized spacial score (nSPS) is 11.2. The minimum Gasteiger partial charge on any atom is -0.497 e. The maximum absolute atomic E-state index is 12.2. The van der Waals surface area contributed by atoms with Gasteiger partial charge in [0.1, 0.15) is 11.4 Å². The van der Waals surface area contributed by atoms with E-state index in [-0.39, 0.29) is 5.56 Å². The first-order chi connectivity index (χ1) is 11.5. The number of halogens is 1. The van der Waals surface area contributed by atoms with Crippen molar-refractivity contribution in [1.82, 2.24) is 14.3 Å². The van der Waals surface area contributed by atoms with Crippen LogP contribution in [-0.4, -0.2) is 28.4 Å². The van der Waals surface area contributed by atoms with E-state index in [9.17, 15) is 4.79 Å². The van der Waals surface area contributed by atoms with Gasteiger partial charge in [-0.1, -0.05) is 12.1 Å². The molecule has 0 saturated carbocycles. The van der Waals surface area contributed by atoms with E-state index < -0.39 is 0 Å². The zero-order chi connectivity index (χ0) is 17.1. The molecule has 2 heterocycles. The minimum absolute atomic E-state index is 0.0749. The molecule has 0 atom stereocenters. The zero-order valence-electron chi connectivity index (χ0n) is 13.6. The molecule has 0 saturated heterocycles. The molecule has 0 amide bonds. The summed E-state index contributed by atoms with van der Waals surface area (Å²) < 4.78 is 7.56. The zero-order valence-corrected chi connectivity index (χ0v) is 15.2. The van der Waals surface area contributed by atoms with Gasteiger partial charge in [0.15, 0.2) is 0 Å². The standard InChI is InChI=1S/C18H18BrN3O2/c1-21(10-13-3-6-16(24-2)7-4-13)12-15-9-18(23)22-11-14(19)5-8-17(22)20-15/h3-9,11H,10,12H2,1-2H3. The van der Waals surface area contributed by atoms with Gasteiger partial charge in [-0.2, -0.15) is 0 Å². The highest BCUT2D eigenvalue weighted by Crippen LogP contribution is 2.14. The molecule has 5 nitrogen and oxygen atoms in total. The third kappa shape index (κ3) is 3.83. The van der Waals surface area contributed by atoms with Crippen LogP contribution in [0.4, 0.5) is 0 Å². The Bertz CT molecular complexity index is 906. The molecule has 3 aromatic rings. The highest BCUT2D eigenvalue weighted by Gasteiger charge is 2.07. The highest BCUT2D eigenvalue weighted by molar-refractivity contribution is 9.10. The van der Waals surface area contributed by atoms with E-state index in [1.165, 1.54) is 9.96 Å². The minimum atomic E-state index is -0.0749. The van der Waals surface area contributed by atoms with Gasteiger partial charge in [0, 0.05) is 29.8 Å². The van der Waals surface area contributed by atoms with E-state index in [0.29, 0.717) is 12.2 Å². The summed E-state index contributed by atoms with van der Waals surface area (Å²) in [5, 5.41) is 0. The fourth-order valence-corrected chi connectivity index (χ4v) is 2.92. The molecule has 6 heteroatoms. The second kappa shape index (κ2) is 7.15. The topological polar surface area (TPSA) is 46.8 Å². The lowest BCUT2D eigenvalue weighted by molar-refractivity contribution is 0.315. The van der Waals surface area contributed by atoms with Crippen LogP contribution in [0.5, 0.6) is 5.75 Å². The van der Waals surface area contributed by atoms with Gasteiger partial charge >= 0.3 is 0 Å². The lowest BCUT2D eigenvalue weighted by Crippen LogP contribution is -2.21. The van der Waals surface area contributed by atoms with Gasteiger partial charge in [-0.3, -0.25) is 14.1 Å². The molecular formula is C18H18BrN3O2. The number of nitrogens with zero attached hydrogens (tertiary/aromatic N) is 3. The van der Waals surface area contributed by atoms with Crippen molar-refractivity contribution in [2.24, 2.45) is 0 Å². The quantitative estimate of drug-likeness (QED) is 0.674. The van der Waals surface area contributed by atoms with Crippen molar-refractivity contribution in [1.29, 1.82) is 0 Å². The molecule has 2 aromatic heterocycles. The lowest BCUT2D eigenvalue weighted by atomic mass is 10.2. The Morgan fingerprint density at radius 2 is 1.92 bits per heavy atom. The van der Waals surface area contributed by atoms with Crippen molar-refractivity contribution < 1.29 is 4.74 Å². The van der Waals surface area contributed by atoms with Crippen molar-refractivity contribution in [3.63, 3.8) is 0 Å². The third-order valence-electron chi connectivity index (χ3n) is 3.72. The van der Waals surface area contributed by atoms with Crippen LogP contribution in [0, 0.1) is 0 Å². The molecule has 0 radical (unpaired) electrons. The van der Waals surface area contributed by atoms with E-state index in [1.54, 1.807) is 19.4 Å². The average molecular weight is 388 g/mol.